The molecule has 0 amide bonds. The molecule has 16 heavy (non-hydrogen) atoms. The van der Waals surface area contributed by atoms with Gasteiger partial charge < -0.3 is 14.2 Å². The van der Waals surface area contributed by atoms with Crippen LogP contribution in [0.4, 0.5) is 0 Å². The minimum absolute atomic E-state index is 0.235. The van der Waals surface area contributed by atoms with Crippen molar-refractivity contribution < 1.29 is 18.7 Å². The number of aliphatic hydroxyl groups is 1. The molecule has 0 aliphatic heterocycles. The standard InChI is InChI=1S/C10H17O4PS/c1-4-13-15(12,14-5-2)10(3,11)9-7-6-8-16-9/h6-8,11H,4-5H2,1-3H3/t10-/m0/s1. The van der Waals surface area contributed by atoms with Crippen LogP contribution < -0.4 is 0 Å². The Kier molecular flexibility index (Phi) is 4.71. The molecule has 0 saturated heterocycles. The number of hydrogen-bond donors (Lipinski definition) is 1. The summed E-state index contributed by atoms with van der Waals surface area (Å²) in [5.41, 5.74) is 0. The minimum atomic E-state index is -3.55. The van der Waals surface area contributed by atoms with Crippen LogP contribution in [0.15, 0.2) is 17.5 Å². The first-order chi connectivity index (χ1) is 7.48. The van der Waals surface area contributed by atoms with Gasteiger partial charge >= 0.3 is 7.60 Å². The molecule has 0 bridgehead atoms. The van der Waals surface area contributed by atoms with Crippen LogP contribution in [0, 0.1) is 0 Å². The fourth-order valence-electron chi connectivity index (χ4n) is 1.31. The first kappa shape index (κ1) is 13.9. The van der Waals surface area contributed by atoms with Crippen LogP contribution in [0.1, 0.15) is 25.6 Å². The Labute approximate surface area is 99.7 Å². The monoisotopic (exact) mass is 264 g/mol. The molecule has 0 fully saturated rings. The quantitative estimate of drug-likeness (QED) is 0.802. The predicted octanol–water partition coefficient (Wildman–Crippen LogP) is 3.18. The van der Waals surface area contributed by atoms with E-state index in [4.69, 9.17) is 9.05 Å². The number of thiophene rings is 1. The molecule has 1 N–H and O–H groups in total. The maximum Gasteiger partial charge on any atom is 0.367 e. The molecule has 1 heterocycles. The number of rotatable bonds is 6. The molecule has 1 aromatic rings. The third kappa shape index (κ3) is 2.55. The Balaban J connectivity index is 3.06. The number of hydrogen-bond acceptors (Lipinski definition) is 5. The lowest BCUT2D eigenvalue weighted by molar-refractivity contribution is 0.0829. The SMILES string of the molecule is CCOP(=O)(OCC)[C@](C)(O)c1cccs1. The summed E-state index contributed by atoms with van der Waals surface area (Å²) in [6, 6.07) is 3.51. The normalized spacial score (nSPS) is 16.0. The summed E-state index contributed by atoms with van der Waals surface area (Å²) in [5, 5.41) is 10.6. The summed E-state index contributed by atoms with van der Waals surface area (Å²) in [7, 11) is -3.55. The van der Waals surface area contributed by atoms with E-state index in [0.717, 1.165) is 0 Å². The zero-order valence-electron chi connectivity index (χ0n) is 9.67. The topological polar surface area (TPSA) is 55.8 Å². The molecule has 92 valence electrons. The van der Waals surface area contributed by atoms with E-state index in [1.54, 1.807) is 26.0 Å². The molecular formula is C10H17O4PS. The summed E-state index contributed by atoms with van der Waals surface area (Å²) in [5.74, 6) is 0. The summed E-state index contributed by atoms with van der Waals surface area (Å²) < 4.78 is 22.7. The molecule has 0 spiro atoms. The third-order valence-corrected chi connectivity index (χ3v) is 5.86. The van der Waals surface area contributed by atoms with Gasteiger partial charge in [0.1, 0.15) is 0 Å². The third-order valence-electron chi connectivity index (χ3n) is 2.12. The van der Waals surface area contributed by atoms with Crippen molar-refractivity contribution in [2.75, 3.05) is 13.2 Å². The first-order valence-electron chi connectivity index (χ1n) is 5.13. The van der Waals surface area contributed by atoms with Crippen LogP contribution in [0.2, 0.25) is 0 Å². The van der Waals surface area contributed by atoms with Gasteiger partial charge in [-0.2, -0.15) is 0 Å². The van der Waals surface area contributed by atoms with Crippen molar-refractivity contribution in [3.05, 3.63) is 22.4 Å². The van der Waals surface area contributed by atoms with Crippen LogP contribution in [-0.4, -0.2) is 18.3 Å². The van der Waals surface area contributed by atoms with Gasteiger partial charge in [-0.05, 0) is 32.2 Å². The van der Waals surface area contributed by atoms with Crippen molar-refractivity contribution >= 4 is 18.9 Å². The van der Waals surface area contributed by atoms with Crippen molar-refractivity contribution in [1.82, 2.24) is 0 Å². The Morgan fingerprint density at radius 1 is 1.44 bits per heavy atom. The van der Waals surface area contributed by atoms with E-state index in [1.807, 2.05) is 5.38 Å². The Bertz CT molecular complexity index is 351. The van der Waals surface area contributed by atoms with Crippen LogP contribution in [-0.2, 0) is 19.0 Å². The van der Waals surface area contributed by atoms with Crippen LogP contribution >= 0.6 is 18.9 Å². The lowest BCUT2D eigenvalue weighted by atomic mass is 10.3. The van der Waals surface area contributed by atoms with E-state index in [2.05, 4.69) is 0 Å². The molecule has 0 saturated carbocycles. The van der Waals surface area contributed by atoms with E-state index < -0.39 is 12.9 Å². The molecule has 1 aromatic heterocycles. The van der Waals surface area contributed by atoms with Gasteiger partial charge in [0.25, 0.3) is 0 Å². The highest BCUT2D eigenvalue weighted by Crippen LogP contribution is 2.63. The van der Waals surface area contributed by atoms with E-state index in [-0.39, 0.29) is 13.2 Å². The summed E-state index contributed by atoms with van der Waals surface area (Å²) in [6.45, 7) is 5.37. The molecule has 0 aliphatic carbocycles. The van der Waals surface area contributed by atoms with Gasteiger partial charge in [0, 0.05) is 4.88 Å². The van der Waals surface area contributed by atoms with E-state index in [0.29, 0.717) is 4.88 Å². The van der Waals surface area contributed by atoms with Crippen molar-refractivity contribution in [1.29, 1.82) is 0 Å². The maximum atomic E-state index is 12.4. The highest BCUT2D eigenvalue weighted by Gasteiger charge is 2.47. The van der Waals surface area contributed by atoms with Crippen LogP contribution in [0.3, 0.4) is 0 Å². The molecule has 6 heteroatoms. The van der Waals surface area contributed by atoms with Crippen LogP contribution in [0.25, 0.3) is 0 Å². The lowest BCUT2D eigenvalue weighted by Gasteiger charge is -2.30. The van der Waals surface area contributed by atoms with Gasteiger partial charge in [0.15, 0.2) is 5.34 Å². The molecule has 1 atom stereocenters. The molecule has 0 aromatic carbocycles. The van der Waals surface area contributed by atoms with Crippen LogP contribution in [0.5, 0.6) is 0 Å². The Morgan fingerprint density at radius 3 is 2.38 bits per heavy atom. The van der Waals surface area contributed by atoms with Crippen molar-refractivity contribution in [2.24, 2.45) is 0 Å². The summed E-state index contributed by atoms with van der Waals surface area (Å²) in [6.07, 6.45) is 0. The zero-order valence-corrected chi connectivity index (χ0v) is 11.4. The largest absolute Gasteiger partial charge is 0.373 e. The fraction of sp³-hybridized carbons (Fsp3) is 0.600. The average molecular weight is 264 g/mol. The van der Waals surface area contributed by atoms with E-state index in [1.165, 1.54) is 18.3 Å². The maximum absolute atomic E-state index is 12.4. The van der Waals surface area contributed by atoms with Gasteiger partial charge in [-0.15, -0.1) is 11.3 Å². The van der Waals surface area contributed by atoms with Crippen molar-refractivity contribution in [3.63, 3.8) is 0 Å². The highest BCUT2D eigenvalue weighted by atomic mass is 32.1. The van der Waals surface area contributed by atoms with Gasteiger partial charge in [0.05, 0.1) is 13.2 Å². The molecule has 1 rings (SSSR count). The smallest absolute Gasteiger partial charge is 0.367 e. The van der Waals surface area contributed by atoms with Crippen molar-refractivity contribution in [2.45, 2.75) is 26.1 Å². The second-order valence-corrected chi connectivity index (χ2v) is 6.66. The first-order valence-corrected chi connectivity index (χ1v) is 7.55. The molecule has 4 nitrogen and oxygen atoms in total. The van der Waals surface area contributed by atoms with Gasteiger partial charge in [-0.25, -0.2) is 0 Å². The van der Waals surface area contributed by atoms with Crippen molar-refractivity contribution in [3.8, 4) is 0 Å². The highest BCUT2D eigenvalue weighted by molar-refractivity contribution is 7.55. The molecule has 0 unspecified atom stereocenters. The minimum Gasteiger partial charge on any atom is -0.373 e. The van der Waals surface area contributed by atoms with E-state index in [9.17, 15) is 9.67 Å². The Hall–Kier alpha value is -0.190. The fourth-order valence-corrected chi connectivity index (χ4v) is 4.09. The van der Waals surface area contributed by atoms with Gasteiger partial charge in [-0.1, -0.05) is 6.07 Å². The summed E-state index contributed by atoms with van der Waals surface area (Å²) in [4.78, 5) is 0.581. The second kappa shape index (κ2) is 5.43. The molecular weight excluding hydrogens is 247 g/mol. The molecule has 0 radical (unpaired) electrons. The van der Waals surface area contributed by atoms with Gasteiger partial charge in [0.2, 0.25) is 0 Å². The zero-order chi connectivity index (χ0) is 12.2. The Morgan fingerprint density at radius 2 is 2.00 bits per heavy atom. The summed E-state index contributed by atoms with van der Waals surface area (Å²) >= 11 is 1.33. The van der Waals surface area contributed by atoms with Gasteiger partial charge in [-0.3, -0.25) is 4.57 Å². The predicted molar refractivity (Wildman–Crippen MR) is 64.7 cm³/mol. The second-order valence-electron chi connectivity index (χ2n) is 3.33. The lowest BCUT2D eigenvalue weighted by Crippen LogP contribution is -2.23. The van der Waals surface area contributed by atoms with E-state index >= 15 is 0 Å². The average Bonchev–Trinajstić information content (AvgIpc) is 2.71. The molecule has 0 aliphatic rings.